The van der Waals surface area contributed by atoms with Gasteiger partial charge in [0, 0.05) is 35.9 Å². The van der Waals surface area contributed by atoms with E-state index in [1.807, 2.05) is 50.2 Å². The number of ether oxygens (including phenoxy) is 1. The van der Waals surface area contributed by atoms with Crippen LogP contribution in [0.3, 0.4) is 0 Å². The van der Waals surface area contributed by atoms with Gasteiger partial charge in [0.25, 0.3) is 0 Å². The minimum absolute atomic E-state index is 0.0169. The van der Waals surface area contributed by atoms with Crippen LogP contribution in [0.15, 0.2) is 48.5 Å². The van der Waals surface area contributed by atoms with E-state index in [2.05, 4.69) is 5.32 Å². The van der Waals surface area contributed by atoms with Gasteiger partial charge in [-0.1, -0.05) is 11.6 Å². The van der Waals surface area contributed by atoms with Crippen molar-refractivity contribution in [2.24, 2.45) is 0 Å². The summed E-state index contributed by atoms with van der Waals surface area (Å²) in [6.07, 6.45) is 0.273. The maximum Gasteiger partial charge on any atom is 0.322 e. The van der Waals surface area contributed by atoms with Crippen molar-refractivity contribution in [1.29, 1.82) is 0 Å². The first-order valence-electron chi connectivity index (χ1n) is 9.38. The van der Waals surface area contributed by atoms with Gasteiger partial charge in [0.05, 0.1) is 12.6 Å². The molecule has 1 aliphatic heterocycles. The Kier molecular flexibility index (Phi) is 6.41. The Morgan fingerprint density at radius 1 is 1.18 bits per heavy atom. The molecule has 2 aromatic rings. The predicted octanol–water partition coefficient (Wildman–Crippen LogP) is 4.08. The number of rotatable bonds is 6. The molecule has 1 N–H and O–H groups in total. The molecule has 148 valence electrons. The van der Waals surface area contributed by atoms with Crippen LogP contribution in [0.2, 0.25) is 5.02 Å². The van der Waals surface area contributed by atoms with Crippen molar-refractivity contribution in [2.45, 2.75) is 26.3 Å². The van der Waals surface area contributed by atoms with E-state index in [0.717, 1.165) is 17.1 Å². The number of halogens is 1. The SMILES string of the molecule is CCOc1ccc(N(CC)C(=O)NC2CC(=O)N(c3ccc(Cl)cc3)C2)cc1. The fourth-order valence-corrected chi connectivity index (χ4v) is 3.39. The van der Waals surface area contributed by atoms with Crippen molar-refractivity contribution in [2.75, 3.05) is 29.5 Å². The summed E-state index contributed by atoms with van der Waals surface area (Å²) in [6.45, 7) is 5.39. The van der Waals surface area contributed by atoms with Crippen molar-refractivity contribution in [3.05, 3.63) is 53.6 Å². The van der Waals surface area contributed by atoms with E-state index in [1.165, 1.54) is 0 Å². The van der Waals surface area contributed by atoms with Crippen molar-refractivity contribution in [1.82, 2.24) is 5.32 Å². The van der Waals surface area contributed by atoms with Gasteiger partial charge in [0.15, 0.2) is 0 Å². The average molecular weight is 402 g/mol. The minimum Gasteiger partial charge on any atom is -0.494 e. The normalized spacial score (nSPS) is 16.2. The smallest absolute Gasteiger partial charge is 0.322 e. The standard InChI is InChI=1S/C21H24ClN3O3/c1-3-24(17-9-11-19(12-10-17)28-4-2)21(27)23-16-13-20(26)25(14-16)18-7-5-15(22)6-8-18/h5-12,16H,3-4,13-14H2,1-2H3,(H,23,27). The molecule has 1 fully saturated rings. The number of amides is 3. The van der Waals surface area contributed by atoms with E-state index in [1.54, 1.807) is 21.9 Å². The average Bonchev–Trinajstić information content (AvgIpc) is 3.04. The third-order valence-electron chi connectivity index (χ3n) is 4.61. The Balaban J connectivity index is 1.64. The third-order valence-corrected chi connectivity index (χ3v) is 4.86. The lowest BCUT2D eigenvalue weighted by Gasteiger charge is -2.24. The molecule has 1 saturated heterocycles. The number of nitrogens with zero attached hydrogens (tertiary/aromatic N) is 2. The Morgan fingerprint density at radius 2 is 1.86 bits per heavy atom. The first-order valence-corrected chi connectivity index (χ1v) is 9.76. The summed E-state index contributed by atoms with van der Waals surface area (Å²) in [6, 6.07) is 14.1. The Hall–Kier alpha value is -2.73. The van der Waals surface area contributed by atoms with Crippen molar-refractivity contribution in [3.63, 3.8) is 0 Å². The van der Waals surface area contributed by atoms with E-state index in [4.69, 9.17) is 16.3 Å². The van der Waals surface area contributed by atoms with Gasteiger partial charge in [-0.15, -0.1) is 0 Å². The number of hydrogen-bond acceptors (Lipinski definition) is 3. The quantitative estimate of drug-likeness (QED) is 0.793. The lowest BCUT2D eigenvalue weighted by molar-refractivity contribution is -0.117. The van der Waals surface area contributed by atoms with Crippen molar-refractivity contribution >= 4 is 34.9 Å². The topological polar surface area (TPSA) is 61.9 Å². The fraction of sp³-hybridized carbons (Fsp3) is 0.333. The zero-order valence-electron chi connectivity index (χ0n) is 16.0. The van der Waals surface area contributed by atoms with Crippen LogP contribution in [0.5, 0.6) is 5.75 Å². The van der Waals surface area contributed by atoms with Gasteiger partial charge >= 0.3 is 6.03 Å². The van der Waals surface area contributed by atoms with Crippen LogP contribution in [0.25, 0.3) is 0 Å². The summed E-state index contributed by atoms with van der Waals surface area (Å²) in [4.78, 5) is 28.5. The summed E-state index contributed by atoms with van der Waals surface area (Å²) in [5.41, 5.74) is 1.56. The van der Waals surface area contributed by atoms with Gasteiger partial charge in [-0.2, -0.15) is 0 Å². The maximum atomic E-state index is 12.8. The number of benzene rings is 2. The van der Waals surface area contributed by atoms with Gasteiger partial charge < -0.3 is 15.0 Å². The summed E-state index contributed by atoms with van der Waals surface area (Å²) in [5, 5.41) is 3.60. The second-order valence-corrected chi connectivity index (χ2v) is 6.94. The molecular weight excluding hydrogens is 378 g/mol. The van der Waals surface area contributed by atoms with Gasteiger partial charge in [0.2, 0.25) is 5.91 Å². The van der Waals surface area contributed by atoms with Crippen LogP contribution in [-0.2, 0) is 4.79 Å². The van der Waals surface area contributed by atoms with Crippen LogP contribution >= 0.6 is 11.6 Å². The molecule has 6 nitrogen and oxygen atoms in total. The first kappa shape index (κ1) is 20.0. The number of carbonyl (C=O) groups is 2. The van der Waals surface area contributed by atoms with E-state index < -0.39 is 0 Å². The van der Waals surface area contributed by atoms with E-state index in [-0.39, 0.29) is 24.4 Å². The summed E-state index contributed by atoms with van der Waals surface area (Å²) in [5.74, 6) is 0.749. The molecule has 3 rings (SSSR count). The summed E-state index contributed by atoms with van der Waals surface area (Å²) >= 11 is 5.91. The van der Waals surface area contributed by atoms with Crippen LogP contribution in [0, 0.1) is 0 Å². The molecular formula is C21H24ClN3O3. The molecule has 1 heterocycles. The molecule has 0 bridgehead atoms. The van der Waals surface area contributed by atoms with Gasteiger partial charge in [-0.25, -0.2) is 4.79 Å². The van der Waals surface area contributed by atoms with Crippen LogP contribution < -0.4 is 19.9 Å². The molecule has 2 aromatic carbocycles. The Morgan fingerprint density at radius 3 is 2.46 bits per heavy atom. The zero-order valence-corrected chi connectivity index (χ0v) is 16.8. The fourth-order valence-electron chi connectivity index (χ4n) is 3.26. The van der Waals surface area contributed by atoms with E-state index in [9.17, 15) is 9.59 Å². The second kappa shape index (κ2) is 8.97. The molecule has 1 aliphatic rings. The maximum absolute atomic E-state index is 12.8. The molecule has 0 aromatic heterocycles. The predicted molar refractivity (Wildman–Crippen MR) is 111 cm³/mol. The van der Waals surface area contributed by atoms with Gasteiger partial charge in [-0.05, 0) is 62.4 Å². The van der Waals surface area contributed by atoms with Crippen molar-refractivity contribution in [3.8, 4) is 5.75 Å². The lowest BCUT2D eigenvalue weighted by Crippen LogP contribution is -2.46. The number of nitrogens with one attached hydrogen (secondary N) is 1. The highest BCUT2D eigenvalue weighted by Crippen LogP contribution is 2.24. The summed E-state index contributed by atoms with van der Waals surface area (Å²) < 4.78 is 5.44. The molecule has 0 saturated carbocycles. The Bertz CT molecular complexity index is 824. The molecule has 3 amide bonds. The summed E-state index contributed by atoms with van der Waals surface area (Å²) in [7, 11) is 0. The number of carbonyl (C=O) groups excluding carboxylic acids is 2. The monoisotopic (exact) mass is 401 g/mol. The highest BCUT2D eigenvalue weighted by atomic mass is 35.5. The van der Waals surface area contributed by atoms with Crippen molar-refractivity contribution < 1.29 is 14.3 Å². The highest BCUT2D eigenvalue weighted by molar-refractivity contribution is 6.30. The molecule has 0 aliphatic carbocycles. The largest absolute Gasteiger partial charge is 0.494 e. The number of anilines is 2. The van der Waals surface area contributed by atoms with E-state index >= 15 is 0 Å². The van der Waals surface area contributed by atoms with Crippen LogP contribution in [-0.4, -0.2) is 37.7 Å². The molecule has 28 heavy (non-hydrogen) atoms. The highest BCUT2D eigenvalue weighted by Gasteiger charge is 2.32. The Labute approximate surface area is 170 Å². The molecule has 0 spiro atoms. The lowest BCUT2D eigenvalue weighted by atomic mass is 10.2. The van der Waals surface area contributed by atoms with Crippen LogP contribution in [0.4, 0.5) is 16.2 Å². The third kappa shape index (κ3) is 4.57. The molecule has 1 atom stereocenters. The minimum atomic E-state index is -0.243. The van der Waals surface area contributed by atoms with Gasteiger partial charge in [0.1, 0.15) is 5.75 Å². The molecule has 1 unspecified atom stereocenters. The number of hydrogen-bond donors (Lipinski definition) is 1. The molecule has 7 heteroatoms. The second-order valence-electron chi connectivity index (χ2n) is 6.50. The first-order chi connectivity index (χ1) is 13.5. The van der Waals surface area contributed by atoms with Crippen LogP contribution in [0.1, 0.15) is 20.3 Å². The number of urea groups is 1. The van der Waals surface area contributed by atoms with E-state index in [0.29, 0.717) is 24.7 Å². The molecule has 0 radical (unpaired) electrons. The zero-order chi connectivity index (χ0) is 20.1. The van der Waals surface area contributed by atoms with Gasteiger partial charge in [-0.3, -0.25) is 9.69 Å².